The van der Waals surface area contributed by atoms with Gasteiger partial charge in [0.25, 0.3) is 5.91 Å². The third-order valence-corrected chi connectivity index (χ3v) is 4.28. The van der Waals surface area contributed by atoms with E-state index in [0.29, 0.717) is 24.9 Å². The molecule has 1 N–H and O–H groups in total. The summed E-state index contributed by atoms with van der Waals surface area (Å²) in [7, 11) is 0. The standard InChI is InChI=1S/C18H18F2N2O3/c1-11-6-8-25-16(11)17(23)21-15-3-2-7-22(18(15)24)10-12-4-5-13(19)9-14(12)20/h4-6,8-9,15H,2-3,7,10H2,1H3,(H,21,23). The molecule has 0 spiro atoms. The zero-order chi connectivity index (χ0) is 18.0. The first kappa shape index (κ1) is 17.1. The number of furan rings is 1. The first-order chi connectivity index (χ1) is 12.0. The molecule has 1 atom stereocenters. The number of rotatable bonds is 4. The van der Waals surface area contributed by atoms with Gasteiger partial charge in [0.05, 0.1) is 6.26 Å². The number of carbonyl (C=O) groups excluding carboxylic acids is 2. The fraction of sp³-hybridized carbons (Fsp3) is 0.333. The summed E-state index contributed by atoms with van der Waals surface area (Å²) >= 11 is 0. The molecule has 0 radical (unpaired) electrons. The number of aryl methyl sites for hydroxylation is 1. The first-order valence-electron chi connectivity index (χ1n) is 8.03. The SMILES string of the molecule is Cc1ccoc1C(=O)NC1CCCN(Cc2ccc(F)cc2F)C1=O. The molecular formula is C18H18F2N2O3. The number of nitrogens with zero attached hydrogens (tertiary/aromatic N) is 1. The van der Waals surface area contributed by atoms with Gasteiger partial charge < -0.3 is 14.6 Å². The third kappa shape index (κ3) is 3.70. The Kier molecular flexibility index (Phi) is 4.83. The maximum Gasteiger partial charge on any atom is 0.287 e. The van der Waals surface area contributed by atoms with Gasteiger partial charge in [-0.05, 0) is 31.9 Å². The lowest BCUT2D eigenvalue weighted by Crippen LogP contribution is -2.52. The number of nitrogens with one attached hydrogen (secondary N) is 1. The predicted molar refractivity (Wildman–Crippen MR) is 85.7 cm³/mol. The van der Waals surface area contributed by atoms with Crippen LogP contribution < -0.4 is 5.32 Å². The fourth-order valence-corrected chi connectivity index (χ4v) is 2.92. The monoisotopic (exact) mass is 348 g/mol. The Morgan fingerprint density at radius 1 is 1.36 bits per heavy atom. The second-order valence-corrected chi connectivity index (χ2v) is 6.10. The molecule has 1 aliphatic heterocycles. The molecule has 1 fully saturated rings. The van der Waals surface area contributed by atoms with Crippen LogP contribution in [0.2, 0.25) is 0 Å². The van der Waals surface area contributed by atoms with E-state index in [2.05, 4.69) is 5.32 Å². The lowest BCUT2D eigenvalue weighted by Gasteiger charge is -2.32. The van der Waals surface area contributed by atoms with E-state index >= 15 is 0 Å². The molecule has 1 aliphatic rings. The lowest BCUT2D eigenvalue weighted by molar-refractivity contribution is -0.136. The second-order valence-electron chi connectivity index (χ2n) is 6.10. The van der Waals surface area contributed by atoms with Crippen molar-refractivity contribution in [2.24, 2.45) is 0 Å². The van der Waals surface area contributed by atoms with E-state index in [4.69, 9.17) is 4.42 Å². The molecule has 7 heteroatoms. The number of amides is 2. The van der Waals surface area contributed by atoms with Gasteiger partial charge >= 0.3 is 0 Å². The van der Waals surface area contributed by atoms with Gasteiger partial charge in [0.2, 0.25) is 5.91 Å². The van der Waals surface area contributed by atoms with Crippen LogP contribution in [0, 0.1) is 18.6 Å². The molecule has 3 rings (SSSR count). The second kappa shape index (κ2) is 7.04. The summed E-state index contributed by atoms with van der Waals surface area (Å²) < 4.78 is 31.9. The van der Waals surface area contributed by atoms with Gasteiger partial charge in [0, 0.05) is 30.3 Å². The summed E-state index contributed by atoms with van der Waals surface area (Å²) in [6.45, 7) is 2.24. The van der Waals surface area contributed by atoms with Crippen molar-refractivity contribution in [1.29, 1.82) is 0 Å². The van der Waals surface area contributed by atoms with Gasteiger partial charge in [-0.15, -0.1) is 0 Å². The Balaban J connectivity index is 1.68. The molecule has 1 aromatic carbocycles. The van der Waals surface area contributed by atoms with Crippen molar-refractivity contribution in [3.63, 3.8) is 0 Å². The van der Waals surface area contributed by atoms with Crippen LogP contribution in [0.3, 0.4) is 0 Å². The summed E-state index contributed by atoms with van der Waals surface area (Å²) in [6, 6.07) is 4.26. The van der Waals surface area contributed by atoms with Crippen molar-refractivity contribution in [3.05, 3.63) is 59.1 Å². The van der Waals surface area contributed by atoms with Crippen LogP contribution in [-0.2, 0) is 11.3 Å². The van der Waals surface area contributed by atoms with Crippen LogP contribution in [0.4, 0.5) is 8.78 Å². The summed E-state index contributed by atoms with van der Waals surface area (Å²) in [5.41, 5.74) is 0.926. The third-order valence-electron chi connectivity index (χ3n) is 4.28. The minimum atomic E-state index is -0.690. The van der Waals surface area contributed by atoms with E-state index in [1.54, 1.807) is 13.0 Å². The van der Waals surface area contributed by atoms with E-state index in [0.717, 1.165) is 12.1 Å². The fourth-order valence-electron chi connectivity index (χ4n) is 2.92. The van der Waals surface area contributed by atoms with Crippen molar-refractivity contribution in [1.82, 2.24) is 10.2 Å². The van der Waals surface area contributed by atoms with E-state index in [1.165, 1.54) is 17.2 Å². The van der Waals surface area contributed by atoms with Gasteiger partial charge in [-0.2, -0.15) is 0 Å². The zero-order valence-electron chi connectivity index (χ0n) is 13.7. The number of piperidine rings is 1. The van der Waals surface area contributed by atoms with Crippen molar-refractivity contribution < 1.29 is 22.8 Å². The Morgan fingerprint density at radius 2 is 2.16 bits per heavy atom. The van der Waals surface area contributed by atoms with Gasteiger partial charge in [0.15, 0.2) is 5.76 Å². The van der Waals surface area contributed by atoms with Crippen LogP contribution in [0.15, 0.2) is 34.9 Å². The smallest absolute Gasteiger partial charge is 0.287 e. The minimum absolute atomic E-state index is 0.0388. The number of carbonyl (C=O) groups is 2. The molecule has 0 saturated carbocycles. The van der Waals surface area contributed by atoms with Crippen LogP contribution in [0.1, 0.15) is 34.5 Å². The Morgan fingerprint density at radius 3 is 2.84 bits per heavy atom. The number of hydrogen-bond acceptors (Lipinski definition) is 3. The molecule has 1 aromatic heterocycles. The number of halogens is 2. The zero-order valence-corrected chi connectivity index (χ0v) is 13.7. The van der Waals surface area contributed by atoms with Crippen LogP contribution >= 0.6 is 0 Å². The van der Waals surface area contributed by atoms with Crippen LogP contribution in [0.5, 0.6) is 0 Å². The Labute approximate surface area is 143 Å². The maximum absolute atomic E-state index is 13.8. The maximum atomic E-state index is 13.8. The van der Waals surface area contributed by atoms with Gasteiger partial charge in [0.1, 0.15) is 17.7 Å². The average Bonchev–Trinajstić information content (AvgIpc) is 3.00. The highest BCUT2D eigenvalue weighted by atomic mass is 19.1. The largest absolute Gasteiger partial charge is 0.459 e. The summed E-state index contributed by atoms with van der Waals surface area (Å²) in [4.78, 5) is 26.3. The normalized spacial score (nSPS) is 17.6. The highest BCUT2D eigenvalue weighted by Crippen LogP contribution is 2.18. The van der Waals surface area contributed by atoms with Gasteiger partial charge in [-0.1, -0.05) is 6.07 Å². The summed E-state index contributed by atoms with van der Waals surface area (Å²) in [5, 5.41) is 2.67. The topological polar surface area (TPSA) is 62.6 Å². The van der Waals surface area contributed by atoms with Crippen molar-refractivity contribution >= 4 is 11.8 Å². The van der Waals surface area contributed by atoms with Crippen LogP contribution in [0.25, 0.3) is 0 Å². The number of hydrogen-bond donors (Lipinski definition) is 1. The van der Waals surface area contributed by atoms with E-state index in [1.807, 2.05) is 0 Å². The summed E-state index contributed by atoms with van der Waals surface area (Å²) in [5.74, 6) is -1.91. The highest BCUT2D eigenvalue weighted by Gasteiger charge is 2.31. The molecule has 132 valence electrons. The van der Waals surface area contributed by atoms with Gasteiger partial charge in [-0.3, -0.25) is 9.59 Å². The quantitative estimate of drug-likeness (QED) is 0.924. The Hall–Kier alpha value is -2.70. The summed E-state index contributed by atoms with van der Waals surface area (Å²) in [6.07, 6.45) is 2.60. The van der Waals surface area contributed by atoms with E-state index < -0.39 is 23.6 Å². The molecule has 1 unspecified atom stereocenters. The Bertz CT molecular complexity index is 803. The molecule has 2 aromatic rings. The molecule has 5 nitrogen and oxygen atoms in total. The molecule has 0 bridgehead atoms. The molecule has 1 saturated heterocycles. The van der Waals surface area contributed by atoms with Crippen molar-refractivity contribution in [2.45, 2.75) is 32.4 Å². The first-order valence-corrected chi connectivity index (χ1v) is 8.03. The lowest BCUT2D eigenvalue weighted by atomic mass is 10.0. The van der Waals surface area contributed by atoms with Crippen molar-refractivity contribution in [3.8, 4) is 0 Å². The van der Waals surface area contributed by atoms with Gasteiger partial charge in [-0.25, -0.2) is 8.78 Å². The molecule has 2 amide bonds. The minimum Gasteiger partial charge on any atom is -0.459 e. The molecule has 25 heavy (non-hydrogen) atoms. The number of likely N-dealkylation sites (tertiary alicyclic amines) is 1. The highest BCUT2D eigenvalue weighted by molar-refractivity contribution is 5.96. The molecule has 2 heterocycles. The molecule has 0 aliphatic carbocycles. The van der Waals surface area contributed by atoms with Crippen molar-refractivity contribution in [2.75, 3.05) is 6.54 Å². The average molecular weight is 348 g/mol. The van der Waals surface area contributed by atoms with E-state index in [9.17, 15) is 18.4 Å². The number of benzene rings is 1. The predicted octanol–water partition coefficient (Wildman–Crippen LogP) is 2.79. The molecular weight excluding hydrogens is 330 g/mol. The van der Waals surface area contributed by atoms with Crippen LogP contribution in [-0.4, -0.2) is 29.3 Å². The van der Waals surface area contributed by atoms with E-state index in [-0.39, 0.29) is 23.8 Å².